The van der Waals surface area contributed by atoms with Crippen LogP contribution in [0, 0.1) is 5.82 Å². The molecule has 0 unspecified atom stereocenters. The van der Waals surface area contributed by atoms with Gasteiger partial charge in [0.2, 0.25) is 0 Å². The van der Waals surface area contributed by atoms with E-state index < -0.39 is 5.97 Å². The molecule has 2 aromatic carbocycles. The van der Waals surface area contributed by atoms with E-state index in [1.54, 1.807) is 6.07 Å². The Hall–Kier alpha value is -3.28. The van der Waals surface area contributed by atoms with Gasteiger partial charge in [-0.3, -0.25) is 9.36 Å². The number of fused-ring (bicyclic) bond motifs is 1. The van der Waals surface area contributed by atoms with Gasteiger partial charge in [-0.1, -0.05) is 12.1 Å². The van der Waals surface area contributed by atoms with Crippen molar-refractivity contribution in [2.45, 2.75) is 25.7 Å². The van der Waals surface area contributed by atoms with Crippen molar-refractivity contribution in [3.05, 3.63) is 83.2 Å². The minimum atomic E-state index is -0.659. The van der Waals surface area contributed by atoms with Crippen LogP contribution in [0.4, 0.5) is 4.39 Å². The first-order chi connectivity index (χ1) is 13.6. The van der Waals surface area contributed by atoms with Crippen molar-refractivity contribution in [2.75, 3.05) is 6.61 Å². The molecule has 1 aliphatic rings. The molecule has 0 radical (unpaired) electrons. The van der Waals surface area contributed by atoms with E-state index in [-0.39, 0.29) is 23.9 Å². The molecule has 0 atom stereocenters. The maximum Gasteiger partial charge on any atom is 0.357 e. The summed E-state index contributed by atoms with van der Waals surface area (Å²) in [5.41, 5.74) is 3.80. The first-order valence-corrected chi connectivity index (χ1v) is 9.22. The van der Waals surface area contributed by atoms with Crippen LogP contribution in [0.2, 0.25) is 0 Å². The van der Waals surface area contributed by atoms with E-state index in [9.17, 15) is 14.0 Å². The van der Waals surface area contributed by atoms with Gasteiger partial charge < -0.3 is 4.74 Å². The van der Waals surface area contributed by atoms with Crippen LogP contribution < -0.4 is 0 Å². The maximum absolute atomic E-state index is 13.1. The third-order valence-corrected chi connectivity index (χ3v) is 4.96. The maximum atomic E-state index is 13.1. The fraction of sp³-hybridized carbons (Fsp3) is 0.227. The van der Waals surface area contributed by atoms with Crippen LogP contribution in [0.5, 0.6) is 0 Å². The fourth-order valence-electron chi connectivity index (χ4n) is 3.45. The van der Waals surface area contributed by atoms with Gasteiger partial charge in [0.05, 0.1) is 12.5 Å². The predicted octanol–water partition coefficient (Wildman–Crippen LogP) is 3.93. The standard InChI is InChI=1S/C22H19FN2O3/c23-18-7-9-19(10-8-18)25-14-24-12-20(25)22(27)28-13-21(26)17-6-5-15-3-1-2-4-16(15)11-17/h5-12,14H,1-4,13H2. The van der Waals surface area contributed by atoms with Crippen LogP contribution in [-0.2, 0) is 17.6 Å². The average molecular weight is 378 g/mol. The zero-order valence-electron chi connectivity index (χ0n) is 15.2. The number of nitrogens with zero attached hydrogens (tertiary/aromatic N) is 2. The van der Waals surface area contributed by atoms with Crippen LogP contribution >= 0.6 is 0 Å². The van der Waals surface area contributed by atoms with Gasteiger partial charge in [0.15, 0.2) is 18.1 Å². The van der Waals surface area contributed by atoms with Gasteiger partial charge in [-0.05, 0) is 67.1 Å². The fourth-order valence-corrected chi connectivity index (χ4v) is 3.45. The van der Waals surface area contributed by atoms with Crippen molar-refractivity contribution in [3.63, 3.8) is 0 Å². The lowest BCUT2D eigenvalue weighted by Gasteiger charge is -2.16. The first-order valence-electron chi connectivity index (χ1n) is 9.22. The van der Waals surface area contributed by atoms with Crippen LogP contribution in [0.15, 0.2) is 55.0 Å². The molecule has 0 bridgehead atoms. The smallest absolute Gasteiger partial charge is 0.357 e. The molecule has 1 aliphatic carbocycles. The molecule has 6 heteroatoms. The summed E-state index contributed by atoms with van der Waals surface area (Å²) in [5.74, 6) is -1.27. The van der Waals surface area contributed by atoms with E-state index in [0.717, 1.165) is 19.3 Å². The molecule has 0 fully saturated rings. The van der Waals surface area contributed by atoms with Crippen molar-refractivity contribution in [3.8, 4) is 5.69 Å². The quantitative estimate of drug-likeness (QED) is 0.499. The number of esters is 1. The van der Waals surface area contributed by atoms with Crippen molar-refractivity contribution in [1.29, 1.82) is 0 Å². The van der Waals surface area contributed by atoms with Crippen LogP contribution in [0.3, 0.4) is 0 Å². The van der Waals surface area contributed by atoms with Crippen molar-refractivity contribution in [1.82, 2.24) is 9.55 Å². The van der Waals surface area contributed by atoms with E-state index in [4.69, 9.17) is 4.74 Å². The Morgan fingerprint density at radius 3 is 2.57 bits per heavy atom. The molecule has 3 aromatic rings. The highest BCUT2D eigenvalue weighted by atomic mass is 19.1. The summed E-state index contributed by atoms with van der Waals surface area (Å²) in [6.45, 7) is -0.341. The summed E-state index contributed by atoms with van der Waals surface area (Å²) in [7, 11) is 0. The third-order valence-electron chi connectivity index (χ3n) is 4.96. The predicted molar refractivity (Wildman–Crippen MR) is 101 cm³/mol. The van der Waals surface area contributed by atoms with Crippen molar-refractivity contribution in [2.24, 2.45) is 0 Å². The summed E-state index contributed by atoms with van der Waals surface area (Å²) < 4.78 is 19.8. The van der Waals surface area contributed by atoms with E-state index in [1.165, 1.54) is 58.9 Å². The van der Waals surface area contributed by atoms with E-state index in [0.29, 0.717) is 11.3 Å². The normalized spacial score (nSPS) is 13.0. The van der Waals surface area contributed by atoms with Gasteiger partial charge in [0, 0.05) is 11.3 Å². The second kappa shape index (κ2) is 7.76. The van der Waals surface area contributed by atoms with E-state index in [2.05, 4.69) is 4.98 Å². The molecule has 0 amide bonds. The Kier molecular flexibility index (Phi) is 5.02. The third kappa shape index (κ3) is 3.71. The largest absolute Gasteiger partial charge is 0.453 e. The van der Waals surface area contributed by atoms with E-state index in [1.807, 2.05) is 12.1 Å². The first kappa shape index (κ1) is 18.1. The molecule has 5 nitrogen and oxygen atoms in total. The van der Waals surface area contributed by atoms with Gasteiger partial charge in [0.25, 0.3) is 0 Å². The monoisotopic (exact) mass is 378 g/mol. The molecule has 0 N–H and O–H groups in total. The second-order valence-electron chi connectivity index (χ2n) is 6.82. The minimum Gasteiger partial charge on any atom is -0.453 e. The van der Waals surface area contributed by atoms with Crippen LogP contribution in [0.1, 0.15) is 44.8 Å². The molecule has 4 rings (SSSR count). The number of benzene rings is 2. The second-order valence-corrected chi connectivity index (χ2v) is 6.82. The number of halogens is 1. The Bertz CT molecular complexity index is 1020. The number of aromatic nitrogens is 2. The molecule has 0 saturated carbocycles. The van der Waals surface area contributed by atoms with Gasteiger partial charge in [-0.25, -0.2) is 14.2 Å². The highest BCUT2D eigenvalue weighted by Crippen LogP contribution is 2.22. The summed E-state index contributed by atoms with van der Waals surface area (Å²) >= 11 is 0. The Morgan fingerprint density at radius 2 is 1.79 bits per heavy atom. The summed E-state index contributed by atoms with van der Waals surface area (Å²) in [5, 5.41) is 0. The van der Waals surface area contributed by atoms with E-state index >= 15 is 0 Å². The minimum absolute atomic E-state index is 0.171. The van der Waals surface area contributed by atoms with Crippen LogP contribution in [0.25, 0.3) is 5.69 Å². The summed E-state index contributed by atoms with van der Waals surface area (Å²) in [6.07, 6.45) is 7.14. The van der Waals surface area contributed by atoms with Gasteiger partial charge in [0.1, 0.15) is 5.82 Å². The number of imidazole rings is 1. The number of rotatable bonds is 5. The zero-order chi connectivity index (χ0) is 19.5. The summed E-state index contributed by atoms with van der Waals surface area (Å²) in [6, 6.07) is 11.4. The van der Waals surface area contributed by atoms with Gasteiger partial charge in [-0.15, -0.1) is 0 Å². The molecule has 0 saturated heterocycles. The van der Waals surface area contributed by atoms with Crippen LogP contribution in [-0.4, -0.2) is 27.9 Å². The SMILES string of the molecule is O=C(COC(=O)c1cncn1-c1ccc(F)cc1)c1ccc2c(c1)CCCC2. The van der Waals surface area contributed by atoms with Gasteiger partial charge in [-0.2, -0.15) is 0 Å². The highest BCUT2D eigenvalue weighted by molar-refractivity contribution is 5.99. The number of aryl methyl sites for hydroxylation is 2. The molecular weight excluding hydrogens is 359 g/mol. The average Bonchev–Trinajstić information content (AvgIpc) is 3.22. The Morgan fingerprint density at radius 1 is 1.04 bits per heavy atom. The molecule has 142 valence electrons. The molecule has 1 aromatic heterocycles. The molecule has 28 heavy (non-hydrogen) atoms. The number of carbonyl (C=O) groups is 2. The van der Waals surface area contributed by atoms with Gasteiger partial charge >= 0.3 is 5.97 Å². The Balaban J connectivity index is 1.44. The van der Waals surface area contributed by atoms with Crippen molar-refractivity contribution < 1.29 is 18.7 Å². The number of hydrogen-bond donors (Lipinski definition) is 0. The number of hydrogen-bond acceptors (Lipinski definition) is 4. The number of ketones is 1. The molecular formula is C22H19FN2O3. The van der Waals surface area contributed by atoms with Crippen molar-refractivity contribution >= 4 is 11.8 Å². The zero-order valence-corrected chi connectivity index (χ0v) is 15.2. The Labute approximate surface area is 161 Å². The molecule has 1 heterocycles. The lowest BCUT2D eigenvalue weighted by molar-refractivity contribution is 0.0466. The lowest BCUT2D eigenvalue weighted by atomic mass is 9.90. The number of ether oxygens (including phenoxy) is 1. The summed E-state index contributed by atoms with van der Waals surface area (Å²) in [4.78, 5) is 28.8. The molecule has 0 spiro atoms. The topological polar surface area (TPSA) is 61.2 Å². The lowest BCUT2D eigenvalue weighted by Crippen LogP contribution is -2.17. The highest BCUT2D eigenvalue weighted by Gasteiger charge is 2.18. The molecule has 0 aliphatic heterocycles. The number of carbonyl (C=O) groups excluding carboxylic acids is 2. The number of Topliss-reactive ketones (excluding diaryl/α,β-unsaturated/α-hetero) is 1.